The zero-order chi connectivity index (χ0) is 14.7. The molecule has 2 rings (SSSR count). The summed E-state index contributed by atoms with van der Waals surface area (Å²) in [6.07, 6.45) is 0. The molecule has 7 heteroatoms. The predicted octanol–water partition coefficient (Wildman–Crippen LogP) is 1.60. The first-order valence-corrected chi connectivity index (χ1v) is 6.75. The zero-order valence-corrected chi connectivity index (χ0v) is 12.4. The van der Waals surface area contributed by atoms with E-state index in [0.29, 0.717) is 11.1 Å². The average Bonchev–Trinajstić information content (AvgIpc) is 2.48. The second-order valence-corrected chi connectivity index (χ2v) is 5.09. The number of halogens is 2. The maximum Gasteiger partial charge on any atom is 0.331 e. The molecule has 0 aromatic heterocycles. The lowest BCUT2D eigenvalue weighted by Gasteiger charge is -2.33. The van der Waals surface area contributed by atoms with E-state index >= 15 is 0 Å². The van der Waals surface area contributed by atoms with Gasteiger partial charge in [-0.15, -0.1) is 0 Å². The summed E-state index contributed by atoms with van der Waals surface area (Å²) in [6, 6.07) is 3.03. The quantitative estimate of drug-likeness (QED) is 0.764. The van der Waals surface area contributed by atoms with Crippen molar-refractivity contribution in [3.63, 3.8) is 0 Å². The maximum atomic E-state index is 13.3. The lowest BCUT2D eigenvalue weighted by Crippen LogP contribution is -2.53. The maximum absolute atomic E-state index is 13.3. The number of amides is 1. The molecule has 1 saturated heterocycles. The molecule has 0 saturated carbocycles. The number of benzene rings is 1. The van der Waals surface area contributed by atoms with Gasteiger partial charge >= 0.3 is 5.97 Å². The molecule has 1 aromatic rings. The molecule has 0 bridgehead atoms. The molecular weight excluding hydrogens is 333 g/mol. The van der Waals surface area contributed by atoms with E-state index in [0.717, 1.165) is 6.07 Å². The Morgan fingerprint density at radius 1 is 1.50 bits per heavy atom. The average molecular weight is 346 g/mol. The molecule has 5 nitrogen and oxygen atoms in total. The molecule has 1 heterocycles. The van der Waals surface area contributed by atoms with Crippen LogP contribution in [0.15, 0.2) is 22.7 Å². The molecule has 0 spiro atoms. The Hall–Kier alpha value is -1.47. The normalized spacial score (nSPS) is 18.8. The van der Waals surface area contributed by atoms with Crippen LogP contribution in [0.1, 0.15) is 10.4 Å². The second-order valence-electron chi connectivity index (χ2n) is 4.24. The standard InChI is InChI=1S/C13H13BrFNO4/c1-19-13(18)11-7-20-5-4-16(11)12(17)9-6-8(15)2-3-10(9)14/h2-3,6,11H,4-5,7H2,1H3. The molecule has 1 aromatic carbocycles. The molecule has 1 atom stereocenters. The molecule has 1 aliphatic heterocycles. The molecule has 0 radical (unpaired) electrons. The SMILES string of the molecule is COC(=O)C1COCCN1C(=O)c1cc(F)ccc1Br. The van der Waals surface area contributed by atoms with E-state index in [-0.39, 0.29) is 18.7 Å². The fraction of sp³-hybridized carbons (Fsp3) is 0.385. The summed E-state index contributed by atoms with van der Waals surface area (Å²) in [4.78, 5) is 25.5. The van der Waals surface area contributed by atoms with Gasteiger partial charge in [0.1, 0.15) is 5.82 Å². The summed E-state index contributed by atoms with van der Waals surface area (Å²) < 4.78 is 23.6. The Morgan fingerprint density at radius 2 is 2.25 bits per heavy atom. The van der Waals surface area contributed by atoms with Crippen LogP contribution in [-0.4, -0.2) is 49.7 Å². The van der Waals surface area contributed by atoms with Crippen molar-refractivity contribution in [2.75, 3.05) is 26.9 Å². The van der Waals surface area contributed by atoms with Crippen molar-refractivity contribution in [2.24, 2.45) is 0 Å². The van der Waals surface area contributed by atoms with E-state index in [1.54, 1.807) is 0 Å². The van der Waals surface area contributed by atoms with Gasteiger partial charge in [-0.1, -0.05) is 0 Å². The summed E-state index contributed by atoms with van der Waals surface area (Å²) in [5.41, 5.74) is 0.167. The van der Waals surface area contributed by atoms with Crippen molar-refractivity contribution < 1.29 is 23.5 Å². The lowest BCUT2D eigenvalue weighted by molar-refractivity contribution is -0.151. The van der Waals surface area contributed by atoms with Crippen molar-refractivity contribution >= 4 is 27.8 Å². The molecule has 0 N–H and O–H groups in total. The summed E-state index contributed by atoms with van der Waals surface area (Å²) in [5.74, 6) is -1.50. The van der Waals surface area contributed by atoms with Gasteiger partial charge in [-0.2, -0.15) is 0 Å². The van der Waals surface area contributed by atoms with E-state index in [1.807, 2.05) is 0 Å². The van der Waals surface area contributed by atoms with Crippen LogP contribution in [0.4, 0.5) is 4.39 Å². The minimum absolute atomic E-state index is 0.0748. The van der Waals surface area contributed by atoms with Crippen LogP contribution >= 0.6 is 15.9 Å². The van der Waals surface area contributed by atoms with Crippen LogP contribution in [0.2, 0.25) is 0 Å². The number of carbonyl (C=O) groups is 2. The predicted molar refractivity (Wildman–Crippen MR) is 71.8 cm³/mol. The third-order valence-corrected chi connectivity index (χ3v) is 3.71. The number of hydrogen-bond donors (Lipinski definition) is 0. The second kappa shape index (κ2) is 6.32. The van der Waals surface area contributed by atoms with Gasteiger partial charge in [0.15, 0.2) is 6.04 Å². The fourth-order valence-corrected chi connectivity index (χ4v) is 2.41. The van der Waals surface area contributed by atoms with E-state index in [2.05, 4.69) is 20.7 Å². The highest BCUT2D eigenvalue weighted by Gasteiger charge is 2.34. The fourth-order valence-electron chi connectivity index (χ4n) is 1.99. The summed E-state index contributed by atoms with van der Waals surface area (Å²) in [7, 11) is 1.25. The minimum atomic E-state index is -0.809. The van der Waals surface area contributed by atoms with Crippen LogP contribution in [0.3, 0.4) is 0 Å². The number of nitrogens with zero attached hydrogens (tertiary/aromatic N) is 1. The molecule has 20 heavy (non-hydrogen) atoms. The van der Waals surface area contributed by atoms with Crippen molar-refractivity contribution in [1.29, 1.82) is 0 Å². The van der Waals surface area contributed by atoms with Gasteiger partial charge in [-0.3, -0.25) is 4.79 Å². The van der Waals surface area contributed by atoms with Crippen LogP contribution in [0, 0.1) is 5.82 Å². The van der Waals surface area contributed by atoms with Crippen LogP contribution in [-0.2, 0) is 14.3 Å². The Kier molecular flexibility index (Phi) is 4.72. The Labute approximate surface area is 123 Å². The van der Waals surface area contributed by atoms with E-state index in [1.165, 1.54) is 24.1 Å². The number of esters is 1. The Morgan fingerprint density at radius 3 is 2.95 bits per heavy atom. The van der Waals surface area contributed by atoms with Crippen LogP contribution < -0.4 is 0 Å². The summed E-state index contributed by atoms with van der Waals surface area (Å²) >= 11 is 3.21. The molecule has 108 valence electrons. The van der Waals surface area contributed by atoms with Crippen molar-refractivity contribution in [2.45, 2.75) is 6.04 Å². The van der Waals surface area contributed by atoms with Crippen LogP contribution in [0.25, 0.3) is 0 Å². The highest BCUT2D eigenvalue weighted by Crippen LogP contribution is 2.22. The van der Waals surface area contributed by atoms with Crippen LogP contribution in [0.5, 0.6) is 0 Å². The van der Waals surface area contributed by atoms with E-state index < -0.39 is 23.7 Å². The van der Waals surface area contributed by atoms with Gasteiger partial charge in [0.2, 0.25) is 0 Å². The number of methoxy groups -OCH3 is 1. The molecular formula is C13H13BrFNO4. The molecule has 1 amide bonds. The number of hydrogen-bond acceptors (Lipinski definition) is 4. The number of rotatable bonds is 2. The highest BCUT2D eigenvalue weighted by molar-refractivity contribution is 9.10. The van der Waals surface area contributed by atoms with E-state index in [4.69, 9.17) is 4.74 Å². The minimum Gasteiger partial charge on any atom is -0.467 e. The summed E-state index contributed by atoms with van der Waals surface area (Å²) in [6.45, 7) is 0.652. The molecule has 1 aliphatic rings. The smallest absolute Gasteiger partial charge is 0.331 e. The first-order valence-electron chi connectivity index (χ1n) is 5.96. The third-order valence-electron chi connectivity index (χ3n) is 3.02. The molecule has 1 fully saturated rings. The van der Waals surface area contributed by atoms with Crippen molar-refractivity contribution in [3.05, 3.63) is 34.1 Å². The molecule has 1 unspecified atom stereocenters. The number of ether oxygens (including phenoxy) is 2. The van der Waals surface area contributed by atoms with Gasteiger partial charge in [0.05, 0.1) is 25.9 Å². The first-order chi connectivity index (χ1) is 9.54. The monoisotopic (exact) mass is 345 g/mol. The van der Waals surface area contributed by atoms with Gasteiger partial charge in [-0.25, -0.2) is 9.18 Å². The topological polar surface area (TPSA) is 55.8 Å². The Balaban J connectivity index is 2.30. The lowest BCUT2D eigenvalue weighted by atomic mass is 10.1. The molecule has 0 aliphatic carbocycles. The Bertz CT molecular complexity index is 537. The van der Waals surface area contributed by atoms with Crippen molar-refractivity contribution in [3.8, 4) is 0 Å². The van der Waals surface area contributed by atoms with E-state index in [9.17, 15) is 14.0 Å². The van der Waals surface area contributed by atoms with Gasteiger partial charge in [0.25, 0.3) is 5.91 Å². The van der Waals surface area contributed by atoms with Gasteiger partial charge in [-0.05, 0) is 34.1 Å². The number of carbonyl (C=O) groups excluding carboxylic acids is 2. The highest BCUT2D eigenvalue weighted by atomic mass is 79.9. The first kappa shape index (κ1) is 14.9. The number of morpholine rings is 1. The van der Waals surface area contributed by atoms with Crippen molar-refractivity contribution in [1.82, 2.24) is 4.90 Å². The largest absolute Gasteiger partial charge is 0.467 e. The van der Waals surface area contributed by atoms with Gasteiger partial charge in [0, 0.05) is 11.0 Å². The zero-order valence-electron chi connectivity index (χ0n) is 10.8. The van der Waals surface area contributed by atoms with Gasteiger partial charge < -0.3 is 14.4 Å². The third kappa shape index (κ3) is 2.99. The summed E-state index contributed by atoms with van der Waals surface area (Å²) in [5, 5.41) is 0.